The molecule has 0 amide bonds. The van der Waals surface area contributed by atoms with Gasteiger partial charge in [-0.25, -0.2) is 4.98 Å². The summed E-state index contributed by atoms with van der Waals surface area (Å²) in [5.74, 6) is 0. The maximum Gasteiger partial charge on any atom is 0.125 e. The van der Waals surface area contributed by atoms with Crippen molar-refractivity contribution in [3.63, 3.8) is 0 Å². The van der Waals surface area contributed by atoms with Gasteiger partial charge in [0.15, 0.2) is 0 Å². The fourth-order valence-corrected chi connectivity index (χ4v) is 2.01. The van der Waals surface area contributed by atoms with E-state index in [0.29, 0.717) is 5.69 Å². The van der Waals surface area contributed by atoms with Crippen LogP contribution in [0.1, 0.15) is 11.8 Å². The van der Waals surface area contributed by atoms with Crippen molar-refractivity contribution in [3.8, 4) is 10.6 Å². The normalized spacial score (nSPS) is 13.0. The highest BCUT2D eigenvalue weighted by Gasteiger charge is 2.10. The van der Waals surface area contributed by atoms with Gasteiger partial charge in [0.25, 0.3) is 0 Å². The molecule has 0 aromatic carbocycles. The summed E-state index contributed by atoms with van der Waals surface area (Å²) in [6, 6.07) is 1.94. The van der Waals surface area contributed by atoms with Gasteiger partial charge in [-0.15, -0.1) is 11.3 Å². The first kappa shape index (κ1) is 9.39. The Morgan fingerprint density at radius 3 is 3.14 bits per heavy atom. The molecule has 0 fully saturated rings. The van der Waals surface area contributed by atoms with Crippen molar-refractivity contribution in [1.29, 1.82) is 0 Å². The molecule has 1 unspecified atom stereocenters. The minimum atomic E-state index is -0.654. The number of aliphatic hydroxyl groups is 1. The standard InChI is InChI=1S/C9H11N3OS/c10-3-8(13)7-5-14-9(12-7)6-1-2-11-4-6/h1-2,4-5,8,11,13H,3,10H2. The van der Waals surface area contributed by atoms with E-state index < -0.39 is 6.10 Å². The summed E-state index contributed by atoms with van der Waals surface area (Å²) in [5.41, 5.74) is 7.02. The van der Waals surface area contributed by atoms with Crippen molar-refractivity contribution in [2.24, 2.45) is 5.73 Å². The summed E-state index contributed by atoms with van der Waals surface area (Å²) in [5, 5.41) is 12.2. The van der Waals surface area contributed by atoms with Gasteiger partial charge in [-0.2, -0.15) is 0 Å². The van der Waals surface area contributed by atoms with Crippen LogP contribution >= 0.6 is 11.3 Å². The van der Waals surface area contributed by atoms with Gasteiger partial charge in [0.05, 0.1) is 5.69 Å². The Labute approximate surface area is 85.4 Å². The maximum absolute atomic E-state index is 9.45. The molecule has 4 nitrogen and oxygen atoms in total. The SMILES string of the molecule is NCC(O)c1csc(-c2cc[nH]c2)n1. The zero-order chi connectivity index (χ0) is 9.97. The van der Waals surface area contributed by atoms with Gasteiger partial charge in [0.2, 0.25) is 0 Å². The van der Waals surface area contributed by atoms with E-state index in [0.717, 1.165) is 10.6 Å². The number of nitrogens with two attached hydrogens (primary N) is 1. The van der Waals surface area contributed by atoms with Gasteiger partial charge in [0, 0.05) is 29.9 Å². The first-order valence-corrected chi connectivity index (χ1v) is 5.16. The summed E-state index contributed by atoms with van der Waals surface area (Å²) in [6.45, 7) is 0.205. The molecule has 0 bridgehead atoms. The Morgan fingerprint density at radius 2 is 2.50 bits per heavy atom. The van der Waals surface area contributed by atoms with E-state index in [1.54, 1.807) is 0 Å². The predicted molar refractivity (Wildman–Crippen MR) is 55.9 cm³/mol. The van der Waals surface area contributed by atoms with Crippen molar-refractivity contribution < 1.29 is 5.11 Å². The first-order chi connectivity index (χ1) is 6.81. The molecule has 2 aromatic rings. The highest BCUT2D eigenvalue weighted by molar-refractivity contribution is 7.13. The van der Waals surface area contributed by atoms with Gasteiger partial charge in [0.1, 0.15) is 11.1 Å². The Hall–Kier alpha value is -1.17. The van der Waals surface area contributed by atoms with Crippen LogP contribution < -0.4 is 5.73 Å². The summed E-state index contributed by atoms with van der Waals surface area (Å²) >= 11 is 1.50. The molecule has 4 N–H and O–H groups in total. The van der Waals surface area contributed by atoms with E-state index in [2.05, 4.69) is 9.97 Å². The van der Waals surface area contributed by atoms with E-state index >= 15 is 0 Å². The number of thiazole rings is 1. The van der Waals surface area contributed by atoms with Gasteiger partial charge >= 0.3 is 0 Å². The molecule has 74 valence electrons. The highest BCUT2D eigenvalue weighted by Crippen LogP contribution is 2.25. The molecule has 14 heavy (non-hydrogen) atoms. The molecule has 2 rings (SSSR count). The molecule has 5 heteroatoms. The smallest absolute Gasteiger partial charge is 0.125 e. The van der Waals surface area contributed by atoms with E-state index in [9.17, 15) is 5.11 Å². The predicted octanol–water partition coefficient (Wildman–Crippen LogP) is 1.13. The molecule has 0 saturated heterocycles. The highest BCUT2D eigenvalue weighted by atomic mass is 32.1. The number of rotatable bonds is 3. The van der Waals surface area contributed by atoms with Crippen LogP contribution in [0.4, 0.5) is 0 Å². The third-order valence-corrected chi connectivity index (χ3v) is 2.84. The number of hydrogen-bond acceptors (Lipinski definition) is 4. The quantitative estimate of drug-likeness (QED) is 0.709. The van der Waals surface area contributed by atoms with Crippen LogP contribution in [0.3, 0.4) is 0 Å². The second-order valence-electron chi connectivity index (χ2n) is 2.93. The maximum atomic E-state index is 9.45. The van der Waals surface area contributed by atoms with Crippen LogP contribution in [0, 0.1) is 0 Å². The van der Waals surface area contributed by atoms with E-state index in [1.807, 2.05) is 23.8 Å². The second-order valence-corrected chi connectivity index (χ2v) is 3.79. The van der Waals surface area contributed by atoms with Crippen molar-refractivity contribution in [2.45, 2.75) is 6.10 Å². The average molecular weight is 209 g/mol. The molecule has 2 heterocycles. The Bertz CT molecular complexity index is 396. The van der Waals surface area contributed by atoms with Crippen molar-refractivity contribution in [2.75, 3.05) is 6.54 Å². The lowest BCUT2D eigenvalue weighted by Gasteiger charge is -2.01. The van der Waals surface area contributed by atoms with Crippen molar-refractivity contribution in [1.82, 2.24) is 9.97 Å². The number of nitrogens with zero attached hydrogens (tertiary/aromatic N) is 1. The van der Waals surface area contributed by atoms with Crippen LogP contribution in [0.25, 0.3) is 10.6 Å². The fourth-order valence-electron chi connectivity index (χ4n) is 1.15. The number of aromatic amines is 1. The lowest BCUT2D eigenvalue weighted by Crippen LogP contribution is -2.11. The molecule has 0 radical (unpaired) electrons. The number of aliphatic hydroxyl groups excluding tert-OH is 1. The van der Waals surface area contributed by atoms with Crippen LogP contribution in [-0.4, -0.2) is 21.6 Å². The molecular weight excluding hydrogens is 198 g/mol. The molecule has 0 spiro atoms. The lowest BCUT2D eigenvalue weighted by atomic mass is 10.3. The number of H-pyrrole nitrogens is 1. The summed E-state index contributed by atoms with van der Waals surface area (Å²) in [7, 11) is 0. The second kappa shape index (κ2) is 3.91. The zero-order valence-electron chi connectivity index (χ0n) is 7.47. The van der Waals surface area contributed by atoms with E-state index in [1.165, 1.54) is 11.3 Å². The molecule has 0 aliphatic rings. The molecule has 0 saturated carbocycles. The summed E-state index contributed by atoms with van der Waals surface area (Å²) in [4.78, 5) is 7.25. The van der Waals surface area contributed by atoms with Crippen LogP contribution in [-0.2, 0) is 0 Å². The zero-order valence-corrected chi connectivity index (χ0v) is 8.29. The number of nitrogens with one attached hydrogen (secondary N) is 1. The molecular formula is C9H11N3OS. The van der Waals surface area contributed by atoms with Gasteiger partial charge in [-0.1, -0.05) is 0 Å². The van der Waals surface area contributed by atoms with Gasteiger partial charge in [-0.3, -0.25) is 0 Å². The minimum absolute atomic E-state index is 0.205. The lowest BCUT2D eigenvalue weighted by molar-refractivity contribution is 0.182. The minimum Gasteiger partial charge on any atom is -0.385 e. The van der Waals surface area contributed by atoms with E-state index in [-0.39, 0.29) is 6.54 Å². The van der Waals surface area contributed by atoms with Crippen LogP contribution in [0.15, 0.2) is 23.8 Å². The van der Waals surface area contributed by atoms with Crippen molar-refractivity contribution in [3.05, 3.63) is 29.5 Å². The van der Waals surface area contributed by atoms with E-state index in [4.69, 9.17) is 5.73 Å². The molecule has 0 aliphatic heterocycles. The average Bonchev–Trinajstić information content (AvgIpc) is 2.86. The van der Waals surface area contributed by atoms with Crippen molar-refractivity contribution >= 4 is 11.3 Å². The number of aromatic nitrogens is 2. The van der Waals surface area contributed by atoms with Gasteiger partial charge in [-0.05, 0) is 6.07 Å². The molecule has 2 aromatic heterocycles. The summed E-state index contributed by atoms with van der Waals surface area (Å²) in [6.07, 6.45) is 3.06. The van der Waals surface area contributed by atoms with Gasteiger partial charge < -0.3 is 15.8 Å². The Kier molecular flexibility index (Phi) is 2.62. The molecule has 1 atom stereocenters. The largest absolute Gasteiger partial charge is 0.385 e. The third kappa shape index (κ3) is 1.70. The fraction of sp³-hybridized carbons (Fsp3) is 0.222. The monoisotopic (exact) mass is 209 g/mol. The first-order valence-electron chi connectivity index (χ1n) is 4.28. The summed E-state index contributed by atoms with van der Waals surface area (Å²) < 4.78 is 0. The Morgan fingerprint density at radius 1 is 1.64 bits per heavy atom. The molecule has 0 aliphatic carbocycles. The van der Waals surface area contributed by atoms with Crippen LogP contribution in [0.5, 0.6) is 0 Å². The topological polar surface area (TPSA) is 74.9 Å². The number of hydrogen-bond donors (Lipinski definition) is 3. The third-order valence-electron chi connectivity index (χ3n) is 1.93. The van der Waals surface area contributed by atoms with Crippen LogP contribution in [0.2, 0.25) is 0 Å². The Balaban J connectivity index is 2.26.